The quantitative estimate of drug-likeness (QED) is 0.217. The Kier molecular flexibility index (Phi) is 8.11. The van der Waals surface area contributed by atoms with Crippen molar-refractivity contribution >= 4 is 5.97 Å². The SMILES string of the molecule is CCCCCCCc1ccc(OC(=O)[C@H]2CC[C@H](C(F)(F)F)CC2)c(F)c1. The number of aryl methyl sites for hydroxylation is 1. The van der Waals surface area contributed by atoms with Gasteiger partial charge in [-0.15, -0.1) is 0 Å². The molecule has 1 aromatic rings. The van der Waals surface area contributed by atoms with Crippen molar-refractivity contribution in [2.24, 2.45) is 11.8 Å². The van der Waals surface area contributed by atoms with Crippen molar-refractivity contribution in [3.05, 3.63) is 29.6 Å². The van der Waals surface area contributed by atoms with Crippen LogP contribution in [0.2, 0.25) is 0 Å². The van der Waals surface area contributed by atoms with Gasteiger partial charge in [-0.05, 0) is 56.2 Å². The topological polar surface area (TPSA) is 26.3 Å². The number of hydrogen-bond donors (Lipinski definition) is 0. The Balaban J connectivity index is 1.82. The molecule has 1 aliphatic carbocycles. The Bertz CT molecular complexity index is 605. The third-order valence-electron chi connectivity index (χ3n) is 5.30. The van der Waals surface area contributed by atoms with Gasteiger partial charge in [0.2, 0.25) is 0 Å². The van der Waals surface area contributed by atoms with Crippen molar-refractivity contribution in [3.8, 4) is 5.75 Å². The van der Waals surface area contributed by atoms with E-state index in [0.29, 0.717) is 0 Å². The zero-order valence-electron chi connectivity index (χ0n) is 15.8. The lowest BCUT2D eigenvalue weighted by atomic mass is 9.82. The maximum atomic E-state index is 14.2. The van der Waals surface area contributed by atoms with Gasteiger partial charge in [0.15, 0.2) is 11.6 Å². The van der Waals surface area contributed by atoms with Crippen LogP contribution in [0.15, 0.2) is 18.2 Å². The molecule has 0 spiro atoms. The van der Waals surface area contributed by atoms with Crippen molar-refractivity contribution < 1.29 is 27.1 Å². The van der Waals surface area contributed by atoms with Crippen LogP contribution in [0.1, 0.15) is 70.3 Å². The van der Waals surface area contributed by atoms with Crippen LogP contribution in [-0.2, 0) is 11.2 Å². The number of unbranched alkanes of at least 4 members (excludes halogenated alkanes) is 4. The second kappa shape index (κ2) is 10.1. The first-order valence-corrected chi connectivity index (χ1v) is 9.88. The van der Waals surface area contributed by atoms with Gasteiger partial charge in [-0.25, -0.2) is 4.39 Å². The van der Waals surface area contributed by atoms with E-state index in [9.17, 15) is 22.4 Å². The summed E-state index contributed by atoms with van der Waals surface area (Å²) in [6, 6.07) is 4.56. The summed E-state index contributed by atoms with van der Waals surface area (Å²) < 4.78 is 57.4. The summed E-state index contributed by atoms with van der Waals surface area (Å²) in [5.74, 6) is -3.33. The molecule has 1 aliphatic rings. The molecule has 0 unspecified atom stereocenters. The van der Waals surface area contributed by atoms with E-state index in [1.807, 2.05) is 0 Å². The number of hydrogen-bond acceptors (Lipinski definition) is 2. The highest BCUT2D eigenvalue weighted by atomic mass is 19.4. The fraction of sp³-hybridized carbons (Fsp3) is 0.667. The number of carbonyl (C=O) groups is 1. The van der Waals surface area contributed by atoms with Crippen LogP contribution in [0.4, 0.5) is 17.6 Å². The number of halogens is 4. The van der Waals surface area contributed by atoms with Crippen LogP contribution in [0.25, 0.3) is 0 Å². The number of esters is 1. The number of alkyl halides is 3. The Hall–Kier alpha value is -1.59. The zero-order valence-corrected chi connectivity index (χ0v) is 15.8. The minimum Gasteiger partial charge on any atom is -0.423 e. The second-order valence-corrected chi connectivity index (χ2v) is 7.44. The van der Waals surface area contributed by atoms with Crippen molar-refractivity contribution in [2.75, 3.05) is 0 Å². The molecule has 1 fully saturated rings. The zero-order chi connectivity index (χ0) is 19.9. The molecular formula is C21H28F4O2. The molecule has 0 aliphatic heterocycles. The molecule has 2 nitrogen and oxygen atoms in total. The molecule has 6 heteroatoms. The third-order valence-corrected chi connectivity index (χ3v) is 5.30. The van der Waals surface area contributed by atoms with E-state index in [0.717, 1.165) is 24.8 Å². The smallest absolute Gasteiger partial charge is 0.391 e. The number of rotatable bonds is 8. The molecule has 0 atom stereocenters. The van der Waals surface area contributed by atoms with Crippen molar-refractivity contribution in [1.82, 2.24) is 0 Å². The Morgan fingerprint density at radius 1 is 1.07 bits per heavy atom. The average Bonchev–Trinajstić information content (AvgIpc) is 2.63. The summed E-state index contributed by atoms with van der Waals surface area (Å²) in [6.07, 6.45) is 2.29. The number of carbonyl (C=O) groups excluding carboxylic acids is 1. The van der Waals surface area contributed by atoms with E-state index in [1.54, 1.807) is 6.07 Å². The van der Waals surface area contributed by atoms with Gasteiger partial charge in [0.05, 0.1) is 11.8 Å². The molecule has 0 saturated heterocycles. The van der Waals surface area contributed by atoms with Crippen molar-refractivity contribution in [2.45, 2.75) is 77.3 Å². The monoisotopic (exact) mass is 388 g/mol. The standard InChI is InChI=1S/C21H28F4O2/c1-2-3-4-5-6-7-15-8-13-19(18(22)14-15)27-20(26)16-9-11-17(12-10-16)21(23,24)25/h8,13-14,16-17H,2-7,9-12H2,1H3/t16-,17-. The van der Waals surface area contributed by atoms with Crippen LogP contribution >= 0.6 is 0 Å². The molecule has 0 bridgehead atoms. The maximum absolute atomic E-state index is 14.2. The van der Waals surface area contributed by atoms with E-state index in [2.05, 4.69) is 6.92 Å². The van der Waals surface area contributed by atoms with Gasteiger partial charge >= 0.3 is 12.1 Å². The normalized spacial score (nSPS) is 20.5. The van der Waals surface area contributed by atoms with Crippen molar-refractivity contribution in [1.29, 1.82) is 0 Å². The van der Waals surface area contributed by atoms with E-state index >= 15 is 0 Å². The summed E-state index contributed by atoms with van der Waals surface area (Å²) in [7, 11) is 0. The van der Waals surface area contributed by atoms with E-state index in [4.69, 9.17) is 4.74 Å². The largest absolute Gasteiger partial charge is 0.423 e. The third kappa shape index (κ3) is 6.82. The summed E-state index contributed by atoms with van der Waals surface area (Å²) in [4.78, 5) is 12.2. The summed E-state index contributed by atoms with van der Waals surface area (Å²) >= 11 is 0. The first-order valence-electron chi connectivity index (χ1n) is 9.88. The maximum Gasteiger partial charge on any atom is 0.391 e. The predicted molar refractivity (Wildman–Crippen MR) is 96.0 cm³/mol. The molecule has 0 N–H and O–H groups in total. The lowest BCUT2D eigenvalue weighted by molar-refractivity contribution is -0.185. The van der Waals surface area contributed by atoms with E-state index in [-0.39, 0.29) is 31.4 Å². The van der Waals surface area contributed by atoms with Gasteiger partial charge in [-0.1, -0.05) is 38.7 Å². The molecule has 27 heavy (non-hydrogen) atoms. The summed E-state index contributed by atoms with van der Waals surface area (Å²) in [5.41, 5.74) is 0.856. The van der Waals surface area contributed by atoms with Gasteiger partial charge in [-0.3, -0.25) is 4.79 Å². The summed E-state index contributed by atoms with van der Waals surface area (Å²) in [6.45, 7) is 2.15. The van der Waals surface area contributed by atoms with Gasteiger partial charge < -0.3 is 4.74 Å². The average molecular weight is 388 g/mol. The molecule has 0 heterocycles. The molecule has 1 aromatic carbocycles. The van der Waals surface area contributed by atoms with Gasteiger partial charge in [0.25, 0.3) is 0 Å². The lowest BCUT2D eigenvalue weighted by Crippen LogP contribution is -2.32. The number of benzene rings is 1. The highest BCUT2D eigenvalue weighted by molar-refractivity contribution is 5.75. The van der Waals surface area contributed by atoms with E-state index < -0.39 is 29.8 Å². The number of ether oxygens (including phenoxy) is 1. The van der Waals surface area contributed by atoms with Gasteiger partial charge in [0, 0.05) is 0 Å². The molecule has 0 aromatic heterocycles. The fourth-order valence-electron chi connectivity index (χ4n) is 3.56. The molecule has 2 rings (SSSR count). The lowest BCUT2D eigenvalue weighted by Gasteiger charge is -2.28. The van der Waals surface area contributed by atoms with Crippen LogP contribution in [0.3, 0.4) is 0 Å². The first kappa shape index (κ1) is 21.7. The van der Waals surface area contributed by atoms with Crippen LogP contribution < -0.4 is 4.74 Å². The predicted octanol–water partition coefficient (Wildman–Crippen LogP) is 6.61. The minimum atomic E-state index is -4.21. The summed E-state index contributed by atoms with van der Waals surface area (Å²) in [5, 5.41) is 0. The fourth-order valence-corrected chi connectivity index (χ4v) is 3.56. The molecule has 1 saturated carbocycles. The molecular weight excluding hydrogens is 360 g/mol. The Labute approximate surface area is 158 Å². The van der Waals surface area contributed by atoms with Crippen LogP contribution in [0.5, 0.6) is 5.75 Å². The highest BCUT2D eigenvalue weighted by Crippen LogP contribution is 2.40. The Morgan fingerprint density at radius 2 is 1.74 bits per heavy atom. The van der Waals surface area contributed by atoms with E-state index in [1.165, 1.54) is 31.4 Å². The molecule has 152 valence electrons. The second-order valence-electron chi connectivity index (χ2n) is 7.44. The molecule has 0 radical (unpaired) electrons. The highest BCUT2D eigenvalue weighted by Gasteiger charge is 2.42. The first-order chi connectivity index (χ1) is 12.8. The van der Waals surface area contributed by atoms with Gasteiger partial charge in [-0.2, -0.15) is 13.2 Å². The van der Waals surface area contributed by atoms with Gasteiger partial charge in [0.1, 0.15) is 0 Å². The Morgan fingerprint density at radius 3 is 2.33 bits per heavy atom. The van der Waals surface area contributed by atoms with Crippen molar-refractivity contribution in [3.63, 3.8) is 0 Å². The van der Waals surface area contributed by atoms with Crippen LogP contribution in [0, 0.1) is 17.7 Å². The minimum absolute atomic E-state index is 0.0806. The molecule has 0 amide bonds. The van der Waals surface area contributed by atoms with Crippen LogP contribution in [-0.4, -0.2) is 12.1 Å².